The quantitative estimate of drug-likeness (QED) is 0.871. The third-order valence-electron chi connectivity index (χ3n) is 2.29. The van der Waals surface area contributed by atoms with Gasteiger partial charge >= 0.3 is 0 Å². The number of carboxylic acid groups (broad SMARTS) is 1. The van der Waals surface area contributed by atoms with Crippen molar-refractivity contribution in [2.24, 2.45) is 0 Å². The van der Waals surface area contributed by atoms with E-state index in [0.717, 1.165) is 6.92 Å². The van der Waals surface area contributed by atoms with Crippen molar-refractivity contribution < 1.29 is 9.90 Å². The van der Waals surface area contributed by atoms with E-state index in [-0.39, 0.29) is 0 Å². The van der Waals surface area contributed by atoms with E-state index in [4.69, 9.17) is 9.90 Å². The summed E-state index contributed by atoms with van der Waals surface area (Å²) in [6, 6.07) is 20.7. The van der Waals surface area contributed by atoms with E-state index in [9.17, 15) is 0 Å². The molecule has 1 N–H and O–H groups in total. The standard InChI is InChI=1S/C13H13N.C2H4O2.C2H6/c1-14(12-8-4-2-5-9-12)13-10-6-3-7-11-13;1-2(3)4;1-2/h2-11H,1H3;1H3,(H,3,4);1-2H3. The average molecular weight is 273 g/mol. The highest BCUT2D eigenvalue weighted by Gasteiger charge is 2.00. The zero-order valence-corrected chi connectivity index (χ0v) is 12.6. The van der Waals surface area contributed by atoms with Gasteiger partial charge in [-0.05, 0) is 24.3 Å². The van der Waals surface area contributed by atoms with Gasteiger partial charge in [-0.25, -0.2) is 0 Å². The Balaban J connectivity index is 0.000000521. The van der Waals surface area contributed by atoms with Crippen molar-refractivity contribution in [1.29, 1.82) is 0 Å². The van der Waals surface area contributed by atoms with Crippen molar-refractivity contribution in [3.63, 3.8) is 0 Å². The lowest BCUT2D eigenvalue weighted by molar-refractivity contribution is -0.134. The number of hydrogen-bond acceptors (Lipinski definition) is 2. The summed E-state index contributed by atoms with van der Waals surface area (Å²) >= 11 is 0. The van der Waals surface area contributed by atoms with E-state index in [1.54, 1.807) is 0 Å². The van der Waals surface area contributed by atoms with Gasteiger partial charge in [0.25, 0.3) is 5.97 Å². The largest absolute Gasteiger partial charge is 0.481 e. The number of nitrogens with zero attached hydrogens (tertiary/aromatic N) is 1. The van der Waals surface area contributed by atoms with Gasteiger partial charge in [-0.1, -0.05) is 50.2 Å². The zero-order chi connectivity index (χ0) is 15.4. The molecule has 0 heterocycles. The molecule has 0 amide bonds. The molecule has 108 valence electrons. The van der Waals surface area contributed by atoms with Crippen LogP contribution in [0.3, 0.4) is 0 Å². The first-order valence-electron chi connectivity index (χ1n) is 6.64. The Labute approximate surface area is 121 Å². The number of benzene rings is 2. The Hall–Kier alpha value is -2.29. The summed E-state index contributed by atoms with van der Waals surface area (Å²) in [5, 5.41) is 7.42. The molecule has 0 bridgehead atoms. The summed E-state index contributed by atoms with van der Waals surface area (Å²) in [5.41, 5.74) is 2.41. The monoisotopic (exact) mass is 273 g/mol. The van der Waals surface area contributed by atoms with Crippen molar-refractivity contribution in [2.45, 2.75) is 20.8 Å². The van der Waals surface area contributed by atoms with Crippen LogP contribution in [0.2, 0.25) is 0 Å². The van der Waals surface area contributed by atoms with Gasteiger partial charge in [0, 0.05) is 25.3 Å². The molecule has 0 saturated heterocycles. The Morgan fingerprint density at radius 2 is 1.10 bits per heavy atom. The number of para-hydroxylation sites is 2. The maximum absolute atomic E-state index is 9.00. The normalized spacial score (nSPS) is 8.40. The van der Waals surface area contributed by atoms with E-state index in [1.165, 1.54) is 11.4 Å². The molecule has 0 aliphatic carbocycles. The molecule has 0 fully saturated rings. The van der Waals surface area contributed by atoms with Crippen LogP contribution in [0.15, 0.2) is 60.7 Å². The molecular weight excluding hydrogens is 250 g/mol. The second-order valence-electron chi connectivity index (χ2n) is 3.75. The lowest BCUT2D eigenvalue weighted by atomic mass is 10.2. The fourth-order valence-electron chi connectivity index (χ4n) is 1.45. The number of carbonyl (C=O) groups is 1. The molecule has 0 aliphatic heterocycles. The molecular formula is C17H23NO2. The van der Waals surface area contributed by atoms with Crippen LogP contribution < -0.4 is 4.90 Å². The Bertz CT molecular complexity index is 425. The van der Waals surface area contributed by atoms with Crippen molar-refractivity contribution in [3.8, 4) is 0 Å². The van der Waals surface area contributed by atoms with E-state index < -0.39 is 5.97 Å². The first-order chi connectivity index (χ1) is 9.61. The molecule has 2 aromatic rings. The molecule has 3 nitrogen and oxygen atoms in total. The molecule has 3 heteroatoms. The molecule has 20 heavy (non-hydrogen) atoms. The van der Waals surface area contributed by atoms with Gasteiger partial charge in [-0.15, -0.1) is 0 Å². The second-order valence-corrected chi connectivity index (χ2v) is 3.75. The molecule has 0 spiro atoms. The van der Waals surface area contributed by atoms with Crippen LogP contribution in [-0.2, 0) is 4.79 Å². The molecule has 0 radical (unpaired) electrons. The van der Waals surface area contributed by atoms with Crippen LogP contribution >= 0.6 is 0 Å². The first-order valence-corrected chi connectivity index (χ1v) is 6.64. The van der Waals surface area contributed by atoms with Crippen LogP contribution in [0.1, 0.15) is 20.8 Å². The van der Waals surface area contributed by atoms with Gasteiger partial charge < -0.3 is 10.0 Å². The van der Waals surface area contributed by atoms with E-state index >= 15 is 0 Å². The van der Waals surface area contributed by atoms with Gasteiger partial charge in [-0.2, -0.15) is 0 Å². The molecule has 0 aromatic heterocycles. The molecule has 2 aromatic carbocycles. The highest BCUT2D eigenvalue weighted by atomic mass is 16.4. The molecule has 0 aliphatic rings. The first kappa shape index (κ1) is 17.7. The Morgan fingerprint density at radius 3 is 1.35 bits per heavy atom. The maximum atomic E-state index is 9.00. The van der Waals surface area contributed by atoms with Gasteiger partial charge in [-0.3, -0.25) is 4.79 Å². The summed E-state index contributed by atoms with van der Waals surface area (Å²) in [7, 11) is 2.07. The van der Waals surface area contributed by atoms with Crippen molar-refractivity contribution in [1.82, 2.24) is 0 Å². The number of carboxylic acids is 1. The predicted octanol–water partition coefficient (Wildman–Crippen LogP) is 4.57. The number of anilines is 2. The number of hydrogen-bond donors (Lipinski definition) is 1. The van der Waals surface area contributed by atoms with Gasteiger partial charge in [0.05, 0.1) is 0 Å². The Morgan fingerprint density at radius 1 is 0.850 bits per heavy atom. The molecule has 0 saturated carbocycles. The van der Waals surface area contributed by atoms with Crippen molar-refractivity contribution >= 4 is 17.3 Å². The minimum Gasteiger partial charge on any atom is -0.481 e. The minimum absolute atomic E-state index is 0.833. The van der Waals surface area contributed by atoms with Crippen molar-refractivity contribution in [3.05, 3.63) is 60.7 Å². The maximum Gasteiger partial charge on any atom is 0.300 e. The van der Waals surface area contributed by atoms with Gasteiger partial charge in [0.1, 0.15) is 0 Å². The third kappa shape index (κ3) is 7.21. The van der Waals surface area contributed by atoms with E-state index in [2.05, 4.69) is 60.5 Å². The lowest BCUT2D eigenvalue weighted by Crippen LogP contribution is -2.08. The van der Waals surface area contributed by atoms with E-state index in [0.29, 0.717) is 0 Å². The van der Waals surface area contributed by atoms with Crippen LogP contribution in [-0.4, -0.2) is 18.1 Å². The van der Waals surface area contributed by atoms with Crippen molar-refractivity contribution in [2.75, 3.05) is 11.9 Å². The summed E-state index contributed by atoms with van der Waals surface area (Å²) in [6.07, 6.45) is 0. The van der Waals surface area contributed by atoms with Crippen LogP contribution in [0.4, 0.5) is 11.4 Å². The second kappa shape index (κ2) is 10.6. The highest BCUT2D eigenvalue weighted by Crippen LogP contribution is 2.21. The average Bonchev–Trinajstić information content (AvgIpc) is 2.50. The molecule has 0 atom stereocenters. The van der Waals surface area contributed by atoms with Crippen LogP contribution in [0.25, 0.3) is 0 Å². The van der Waals surface area contributed by atoms with Gasteiger partial charge in [0.15, 0.2) is 0 Å². The SMILES string of the molecule is CC.CC(=O)O.CN(c1ccccc1)c1ccccc1. The molecule has 0 unspecified atom stereocenters. The number of aliphatic carboxylic acids is 1. The van der Waals surface area contributed by atoms with Crippen LogP contribution in [0.5, 0.6) is 0 Å². The summed E-state index contributed by atoms with van der Waals surface area (Å²) in [6.45, 7) is 5.08. The fourth-order valence-corrected chi connectivity index (χ4v) is 1.45. The summed E-state index contributed by atoms with van der Waals surface area (Å²) in [4.78, 5) is 11.2. The molecule has 2 rings (SSSR count). The summed E-state index contributed by atoms with van der Waals surface area (Å²) in [5.74, 6) is -0.833. The fraction of sp³-hybridized carbons (Fsp3) is 0.235. The predicted molar refractivity (Wildman–Crippen MR) is 85.6 cm³/mol. The Kier molecular flexibility index (Phi) is 9.40. The smallest absolute Gasteiger partial charge is 0.300 e. The van der Waals surface area contributed by atoms with E-state index in [1.807, 2.05) is 26.0 Å². The number of rotatable bonds is 2. The third-order valence-corrected chi connectivity index (χ3v) is 2.29. The lowest BCUT2D eigenvalue weighted by Gasteiger charge is -2.18. The topological polar surface area (TPSA) is 40.5 Å². The summed E-state index contributed by atoms with van der Waals surface area (Å²) < 4.78 is 0. The van der Waals surface area contributed by atoms with Gasteiger partial charge in [0.2, 0.25) is 0 Å². The highest BCUT2D eigenvalue weighted by molar-refractivity contribution is 5.63. The van der Waals surface area contributed by atoms with Crippen LogP contribution in [0, 0.1) is 0 Å². The minimum atomic E-state index is -0.833. The zero-order valence-electron chi connectivity index (χ0n) is 12.6.